The number of likely N-dealkylation sites (tertiary alicyclic amines) is 1. The fraction of sp³-hybridized carbons (Fsp3) is 0.500. The number of aliphatic hydroxyl groups excluding tert-OH is 1. The zero-order valence-electron chi connectivity index (χ0n) is 10.9. The normalized spacial score (nSPS) is 28.8. The first-order valence-electron chi connectivity index (χ1n) is 6.69. The number of fused-ring (bicyclic) bond motifs is 1. The van der Waals surface area contributed by atoms with Crippen molar-refractivity contribution in [3.8, 4) is 0 Å². The van der Waals surface area contributed by atoms with Crippen LogP contribution in [0.2, 0.25) is 10.0 Å². The molecule has 2 aliphatic rings. The molecule has 20 heavy (non-hydrogen) atoms. The summed E-state index contributed by atoms with van der Waals surface area (Å²) in [6.45, 7) is 1.25. The largest absolute Gasteiger partial charge is 0.399 e. The third-order valence-corrected chi connectivity index (χ3v) is 5.19. The smallest absolute Gasteiger partial charge is 0.255 e. The number of amides is 1. The van der Waals surface area contributed by atoms with E-state index in [0.29, 0.717) is 30.3 Å². The Bertz CT molecular complexity index is 564. The van der Waals surface area contributed by atoms with Crippen molar-refractivity contribution < 1.29 is 9.90 Å². The standard InChI is InChI=1S/C14H16Cl2N2O2/c15-11-4-8(17)3-9(13(11)16)14(20)18-5-7-1-2-12(19)10(7)6-18/h3-4,7,10,12,19H,1-2,5-6,17H2. The van der Waals surface area contributed by atoms with Gasteiger partial charge in [0.1, 0.15) is 0 Å². The molecule has 1 aromatic carbocycles. The Balaban J connectivity index is 1.84. The summed E-state index contributed by atoms with van der Waals surface area (Å²) in [6.07, 6.45) is 1.51. The van der Waals surface area contributed by atoms with Crippen molar-refractivity contribution in [3.63, 3.8) is 0 Å². The number of nitrogens with zero attached hydrogens (tertiary/aromatic N) is 1. The van der Waals surface area contributed by atoms with Crippen LogP contribution in [0, 0.1) is 11.8 Å². The van der Waals surface area contributed by atoms with Crippen LogP contribution in [-0.2, 0) is 0 Å². The number of carbonyl (C=O) groups is 1. The zero-order chi connectivity index (χ0) is 14.4. The SMILES string of the molecule is Nc1cc(Cl)c(Cl)c(C(=O)N2CC3CCC(O)C3C2)c1. The van der Waals surface area contributed by atoms with Crippen molar-refractivity contribution >= 4 is 34.8 Å². The van der Waals surface area contributed by atoms with E-state index < -0.39 is 0 Å². The summed E-state index contributed by atoms with van der Waals surface area (Å²) in [7, 11) is 0. The molecule has 0 spiro atoms. The average Bonchev–Trinajstić information content (AvgIpc) is 2.96. The van der Waals surface area contributed by atoms with Crippen LogP contribution in [0.25, 0.3) is 0 Å². The molecule has 1 saturated heterocycles. The van der Waals surface area contributed by atoms with Crippen LogP contribution in [0.3, 0.4) is 0 Å². The number of hydrogen-bond acceptors (Lipinski definition) is 3. The van der Waals surface area contributed by atoms with Crippen molar-refractivity contribution in [2.24, 2.45) is 11.8 Å². The Morgan fingerprint density at radius 3 is 2.75 bits per heavy atom. The highest BCUT2D eigenvalue weighted by Crippen LogP contribution is 2.39. The van der Waals surface area contributed by atoms with Gasteiger partial charge in [-0.2, -0.15) is 0 Å². The molecule has 1 amide bonds. The van der Waals surface area contributed by atoms with Gasteiger partial charge < -0.3 is 15.7 Å². The second-order valence-electron chi connectivity index (χ2n) is 5.64. The van der Waals surface area contributed by atoms with Gasteiger partial charge in [-0.15, -0.1) is 0 Å². The predicted molar refractivity (Wildman–Crippen MR) is 79.0 cm³/mol. The first kappa shape index (κ1) is 14.0. The molecular formula is C14H16Cl2N2O2. The first-order chi connectivity index (χ1) is 9.47. The number of benzene rings is 1. The molecule has 108 valence electrons. The molecule has 2 fully saturated rings. The zero-order valence-corrected chi connectivity index (χ0v) is 12.4. The van der Waals surface area contributed by atoms with Gasteiger partial charge in [0.25, 0.3) is 5.91 Å². The van der Waals surface area contributed by atoms with Crippen LogP contribution >= 0.6 is 23.2 Å². The minimum absolute atomic E-state index is 0.161. The monoisotopic (exact) mass is 314 g/mol. The predicted octanol–water partition coefficient (Wildman–Crippen LogP) is 2.42. The molecule has 1 aliphatic heterocycles. The third-order valence-electron chi connectivity index (χ3n) is 4.39. The Morgan fingerprint density at radius 2 is 2.05 bits per heavy atom. The summed E-state index contributed by atoms with van der Waals surface area (Å²) in [5, 5.41) is 10.4. The van der Waals surface area contributed by atoms with Gasteiger partial charge in [0.15, 0.2) is 0 Å². The fourth-order valence-corrected chi connectivity index (χ4v) is 3.76. The van der Waals surface area contributed by atoms with Gasteiger partial charge >= 0.3 is 0 Å². The van der Waals surface area contributed by atoms with E-state index in [-0.39, 0.29) is 28.0 Å². The average molecular weight is 315 g/mol. The summed E-state index contributed by atoms with van der Waals surface area (Å²) in [5.74, 6) is 0.421. The van der Waals surface area contributed by atoms with Crippen molar-refractivity contribution in [2.45, 2.75) is 18.9 Å². The van der Waals surface area contributed by atoms with E-state index in [0.717, 1.165) is 12.8 Å². The van der Waals surface area contributed by atoms with Crippen molar-refractivity contribution in [1.82, 2.24) is 4.90 Å². The molecule has 0 aromatic heterocycles. The number of nitrogen functional groups attached to an aromatic ring is 1. The van der Waals surface area contributed by atoms with E-state index in [1.54, 1.807) is 11.0 Å². The minimum Gasteiger partial charge on any atom is -0.399 e. The molecule has 3 N–H and O–H groups in total. The lowest BCUT2D eigenvalue weighted by Gasteiger charge is -2.19. The molecule has 1 aliphatic carbocycles. The summed E-state index contributed by atoms with van der Waals surface area (Å²) in [6, 6.07) is 3.09. The number of rotatable bonds is 1. The second-order valence-corrected chi connectivity index (χ2v) is 6.43. The lowest BCUT2D eigenvalue weighted by atomic mass is 10.00. The highest BCUT2D eigenvalue weighted by Gasteiger charge is 2.43. The molecule has 3 atom stereocenters. The Morgan fingerprint density at radius 1 is 1.30 bits per heavy atom. The Labute approximate surface area is 127 Å². The summed E-state index contributed by atoms with van der Waals surface area (Å²) < 4.78 is 0. The van der Waals surface area contributed by atoms with E-state index in [4.69, 9.17) is 28.9 Å². The molecule has 1 aromatic rings. The maximum absolute atomic E-state index is 12.6. The molecule has 0 radical (unpaired) electrons. The quantitative estimate of drug-likeness (QED) is 0.782. The number of anilines is 1. The molecule has 1 heterocycles. The summed E-state index contributed by atoms with van der Waals surface area (Å²) in [5.41, 5.74) is 6.48. The van der Waals surface area contributed by atoms with Crippen LogP contribution in [-0.4, -0.2) is 35.1 Å². The van der Waals surface area contributed by atoms with Crippen LogP contribution in [0.1, 0.15) is 23.2 Å². The molecular weight excluding hydrogens is 299 g/mol. The number of aliphatic hydroxyl groups is 1. The molecule has 1 saturated carbocycles. The van der Waals surface area contributed by atoms with E-state index >= 15 is 0 Å². The van der Waals surface area contributed by atoms with Crippen molar-refractivity contribution in [3.05, 3.63) is 27.7 Å². The van der Waals surface area contributed by atoms with Crippen LogP contribution in [0.15, 0.2) is 12.1 Å². The maximum atomic E-state index is 12.6. The summed E-state index contributed by atoms with van der Waals surface area (Å²) in [4.78, 5) is 14.3. The Kier molecular flexibility index (Phi) is 3.56. The third kappa shape index (κ3) is 2.26. The Hall–Kier alpha value is -0.970. The van der Waals surface area contributed by atoms with E-state index in [1.165, 1.54) is 6.07 Å². The lowest BCUT2D eigenvalue weighted by Crippen LogP contribution is -2.31. The molecule has 0 bridgehead atoms. The maximum Gasteiger partial charge on any atom is 0.255 e. The topological polar surface area (TPSA) is 66.6 Å². The first-order valence-corrected chi connectivity index (χ1v) is 7.45. The lowest BCUT2D eigenvalue weighted by molar-refractivity contribution is 0.0752. The highest BCUT2D eigenvalue weighted by atomic mass is 35.5. The molecule has 4 nitrogen and oxygen atoms in total. The van der Waals surface area contributed by atoms with Gasteiger partial charge in [-0.1, -0.05) is 23.2 Å². The molecule has 6 heteroatoms. The van der Waals surface area contributed by atoms with Gasteiger partial charge in [-0.25, -0.2) is 0 Å². The van der Waals surface area contributed by atoms with Gasteiger partial charge in [-0.3, -0.25) is 4.79 Å². The van der Waals surface area contributed by atoms with Crippen LogP contribution in [0.4, 0.5) is 5.69 Å². The minimum atomic E-state index is -0.294. The van der Waals surface area contributed by atoms with Gasteiger partial charge in [0.2, 0.25) is 0 Å². The van der Waals surface area contributed by atoms with Gasteiger partial charge in [0, 0.05) is 24.7 Å². The fourth-order valence-electron chi connectivity index (χ4n) is 3.34. The van der Waals surface area contributed by atoms with Crippen LogP contribution < -0.4 is 5.73 Å². The molecule has 3 rings (SSSR count). The highest BCUT2D eigenvalue weighted by molar-refractivity contribution is 6.44. The van der Waals surface area contributed by atoms with Crippen molar-refractivity contribution in [2.75, 3.05) is 18.8 Å². The number of carbonyl (C=O) groups excluding carboxylic acids is 1. The van der Waals surface area contributed by atoms with Gasteiger partial charge in [-0.05, 0) is 30.9 Å². The summed E-state index contributed by atoms with van der Waals surface area (Å²) >= 11 is 12.1. The van der Waals surface area contributed by atoms with Crippen molar-refractivity contribution in [1.29, 1.82) is 0 Å². The van der Waals surface area contributed by atoms with E-state index in [1.807, 2.05) is 0 Å². The number of nitrogens with two attached hydrogens (primary N) is 1. The van der Waals surface area contributed by atoms with Crippen LogP contribution in [0.5, 0.6) is 0 Å². The van der Waals surface area contributed by atoms with E-state index in [2.05, 4.69) is 0 Å². The molecule has 3 unspecified atom stereocenters. The van der Waals surface area contributed by atoms with E-state index in [9.17, 15) is 9.90 Å². The number of hydrogen-bond donors (Lipinski definition) is 2. The second kappa shape index (κ2) is 5.10. The van der Waals surface area contributed by atoms with Gasteiger partial charge in [0.05, 0.1) is 21.7 Å². The number of halogens is 2.